The second kappa shape index (κ2) is 8.11. The van der Waals surface area contributed by atoms with Gasteiger partial charge in [0.25, 0.3) is 0 Å². The third-order valence-corrected chi connectivity index (χ3v) is 4.63. The Bertz CT molecular complexity index is 684. The first-order chi connectivity index (χ1) is 12.0. The second-order valence-electron chi connectivity index (χ2n) is 5.95. The van der Waals surface area contributed by atoms with Gasteiger partial charge in [0, 0.05) is 30.4 Å². The van der Waals surface area contributed by atoms with Crippen molar-refractivity contribution in [2.75, 3.05) is 31.6 Å². The summed E-state index contributed by atoms with van der Waals surface area (Å²) in [5, 5.41) is 6.72. The molecule has 0 amide bonds. The monoisotopic (exact) mass is 372 g/mol. The molecular formula is C16H19F3N4OS. The Hall–Kier alpha value is -1.71. The van der Waals surface area contributed by atoms with Crippen LogP contribution in [-0.4, -0.2) is 42.4 Å². The standard InChI is InChI=1S/C16H19F3N4OS/c17-16(18,19)7-13-9-22-15(25-13)23-14-6-11(1-2-21-14)5-12-8-20-3-4-24-10-12/h1-2,6,9,12,20H,3-5,7-8,10H2,(H,21,22,23)/t12-/m0/s1. The lowest BCUT2D eigenvalue weighted by Gasteiger charge is -2.14. The van der Waals surface area contributed by atoms with Crippen molar-refractivity contribution >= 4 is 22.3 Å². The maximum atomic E-state index is 12.4. The third kappa shape index (κ3) is 5.94. The van der Waals surface area contributed by atoms with Crippen molar-refractivity contribution in [3.8, 4) is 0 Å². The van der Waals surface area contributed by atoms with Gasteiger partial charge in [0.1, 0.15) is 5.82 Å². The number of nitrogens with one attached hydrogen (secondary N) is 2. The van der Waals surface area contributed by atoms with Gasteiger partial charge in [0.05, 0.1) is 19.6 Å². The molecule has 2 aromatic rings. The quantitative estimate of drug-likeness (QED) is 0.844. The highest BCUT2D eigenvalue weighted by atomic mass is 32.1. The summed E-state index contributed by atoms with van der Waals surface area (Å²) in [6, 6.07) is 3.84. The van der Waals surface area contributed by atoms with E-state index in [1.54, 1.807) is 6.20 Å². The molecule has 9 heteroatoms. The van der Waals surface area contributed by atoms with Crippen LogP contribution in [-0.2, 0) is 17.6 Å². The number of hydrogen-bond donors (Lipinski definition) is 2. The van der Waals surface area contributed by atoms with Gasteiger partial charge in [-0.15, -0.1) is 11.3 Å². The molecule has 2 N–H and O–H groups in total. The Labute approximate surface area is 147 Å². The van der Waals surface area contributed by atoms with Gasteiger partial charge in [-0.2, -0.15) is 13.2 Å². The minimum atomic E-state index is -4.23. The van der Waals surface area contributed by atoms with Crippen LogP contribution in [0.15, 0.2) is 24.5 Å². The largest absolute Gasteiger partial charge is 0.393 e. The van der Waals surface area contributed by atoms with E-state index in [1.807, 2.05) is 12.1 Å². The average molecular weight is 372 g/mol. The molecule has 0 radical (unpaired) electrons. The van der Waals surface area contributed by atoms with E-state index in [4.69, 9.17) is 4.74 Å². The van der Waals surface area contributed by atoms with Gasteiger partial charge in [-0.1, -0.05) is 0 Å². The van der Waals surface area contributed by atoms with Crippen LogP contribution in [0.5, 0.6) is 0 Å². The molecule has 136 valence electrons. The molecule has 1 aliphatic heterocycles. The van der Waals surface area contributed by atoms with Gasteiger partial charge in [0.15, 0.2) is 5.13 Å². The highest BCUT2D eigenvalue weighted by Gasteiger charge is 2.28. The van der Waals surface area contributed by atoms with Crippen LogP contribution >= 0.6 is 11.3 Å². The Kier molecular flexibility index (Phi) is 5.87. The molecule has 5 nitrogen and oxygen atoms in total. The molecule has 0 aliphatic carbocycles. The van der Waals surface area contributed by atoms with E-state index in [0.29, 0.717) is 23.5 Å². The van der Waals surface area contributed by atoms with Gasteiger partial charge in [-0.3, -0.25) is 0 Å². The van der Waals surface area contributed by atoms with Crippen LogP contribution in [0.1, 0.15) is 10.4 Å². The number of anilines is 2. The first-order valence-electron chi connectivity index (χ1n) is 8.00. The number of aromatic nitrogens is 2. The molecule has 1 saturated heterocycles. The maximum Gasteiger partial charge on any atom is 0.393 e. The van der Waals surface area contributed by atoms with Crippen molar-refractivity contribution in [3.05, 3.63) is 35.0 Å². The molecule has 2 aromatic heterocycles. The van der Waals surface area contributed by atoms with Crippen molar-refractivity contribution in [1.29, 1.82) is 0 Å². The van der Waals surface area contributed by atoms with E-state index in [-0.39, 0.29) is 4.88 Å². The molecule has 25 heavy (non-hydrogen) atoms. The van der Waals surface area contributed by atoms with Gasteiger partial charge < -0.3 is 15.4 Å². The number of halogens is 3. The van der Waals surface area contributed by atoms with Crippen LogP contribution in [0.4, 0.5) is 24.1 Å². The highest BCUT2D eigenvalue weighted by molar-refractivity contribution is 7.15. The number of thiazole rings is 1. The van der Waals surface area contributed by atoms with E-state index in [0.717, 1.165) is 43.0 Å². The minimum absolute atomic E-state index is 0.174. The highest BCUT2D eigenvalue weighted by Crippen LogP contribution is 2.28. The van der Waals surface area contributed by atoms with Crippen LogP contribution < -0.4 is 10.6 Å². The van der Waals surface area contributed by atoms with E-state index < -0.39 is 12.6 Å². The van der Waals surface area contributed by atoms with Crippen molar-refractivity contribution in [3.63, 3.8) is 0 Å². The van der Waals surface area contributed by atoms with Crippen molar-refractivity contribution in [2.24, 2.45) is 5.92 Å². The fraction of sp³-hybridized carbons (Fsp3) is 0.500. The molecule has 1 aliphatic rings. The summed E-state index contributed by atoms with van der Waals surface area (Å²) in [4.78, 5) is 8.38. The molecule has 1 fully saturated rings. The number of rotatable bonds is 5. The Morgan fingerprint density at radius 1 is 1.36 bits per heavy atom. The Morgan fingerprint density at radius 2 is 2.24 bits per heavy atom. The van der Waals surface area contributed by atoms with Crippen molar-refractivity contribution in [1.82, 2.24) is 15.3 Å². The topological polar surface area (TPSA) is 59.1 Å². The normalized spacial score (nSPS) is 18.8. The molecule has 0 bridgehead atoms. The molecule has 1 atom stereocenters. The Balaban J connectivity index is 1.61. The first-order valence-corrected chi connectivity index (χ1v) is 8.81. The number of alkyl halides is 3. The van der Waals surface area contributed by atoms with Crippen molar-refractivity contribution in [2.45, 2.75) is 19.0 Å². The fourth-order valence-electron chi connectivity index (χ4n) is 2.65. The first kappa shape index (κ1) is 18.1. The molecule has 0 saturated carbocycles. The summed E-state index contributed by atoms with van der Waals surface area (Å²) < 4.78 is 42.8. The predicted octanol–water partition coefficient (Wildman–Crippen LogP) is 3.17. The number of hydrogen-bond acceptors (Lipinski definition) is 6. The fourth-order valence-corrected chi connectivity index (χ4v) is 3.50. The van der Waals surface area contributed by atoms with E-state index >= 15 is 0 Å². The van der Waals surface area contributed by atoms with Gasteiger partial charge in [0.2, 0.25) is 0 Å². The molecule has 0 spiro atoms. The molecule has 0 aromatic carbocycles. The predicted molar refractivity (Wildman–Crippen MR) is 90.3 cm³/mol. The maximum absolute atomic E-state index is 12.4. The van der Waals surface area contributed by atoms with Crippen LogP contribution in [0, 0.1) is 5.92 Å². The number of ether oxygens (including phenoxy) is 1. The molecule has 3 rings (SSSR count). The van der Waals surface area contributed by atoms with Gasteiger partial charge in [-0.25, -0.2) is 9.97 Å². The van der Waals surface area contributed by atoms with E-state index in [9.17, 15) is 13.2 Å². The SMILES string of the molecule is FC(F)(F)Cc1cnc(Nc2cc(C[C@H]3CNCCOC3)ccn2)s1. The van der Waals surface area contributed by atoms with Crippen LogP contribution in [0.3, 0.4) is 0 Å². The minimum Gasteiger partial charge on any atom is -0.380 e. The zero-order valence-electron chi connectivity index (χ0n) is 13.5. The third-order valence-electron chi connectivity index (χ3n) is 3.72. The molecular weight excluding hydrogens is 353 g/mol. The number of pyridine rings is 1. The molecule has 3 heterocycles. The summed E-state index contributed by atoms with van der Waals surface area (Å²) in [6.45, 7) is 3.21. The van der Waals surface area contributed by atoms with Gasteiger partial charge >= 0.3 is 6.18 Å². The van der Waals surface area contributed by atoms with Crippen LogP contribution in [0.2, 0.25) is 0 Å². The zero-order valence-corrected chi connectivity index (χ0v) is 14.3. The van der Waals surface area contributed by atoms with Gasteiger partial charge in [-0.05, 0) is 30.0 Å². The van der Waals surface area contributed by atoms with Crippen molar-refractivity contribution < 1.29 is 17.9 Å². The lowest BCUT2D eigenvalue weighted by molar-refractivity contribution is -0.126. The second-order valence-corrected chi connectivity index (χ2v) is 7.06. The van der Waals surface area contributed by atoms with E-state index in [2.05, 4.69) is 20.6 Å². The summed E-state index contributed by atoms with van der Waals surface area (Å²) in [6.07, 6.45) is -1.40. The summed E-state index contributed by atoms with van der Waals surface area (Å²) in [5.74, 6) is 0.962. The van der Waals surface area contributed by atoms with Crippen LogP contribution in [0.25, 0.3) is 0 Å². The Morgan fingerprint density at radius 3 is 3.08 bits per heavy atom. The molecule has 0 unspecified atom stereocenters. The summed E-state index contributed by atoms with van der Waals surface area (Å²) in [7, 11) is 0. The van der Waals surface area contributed by atoms with E-state index in [1.165, 1.54) is 6.20 Å². The summed E-state index contributed by atoms with van der Waals surface area (Å²) >= 11 is 0.987. The number of nitrogens with zero attached hydrogens (tertiary/aromatic N) is 2. The average Bonchev–Trinajstić information content (AvgIpc) is 2.80. The summed E-state index contributed by atoms with van der Waals surface area (Å²) in [5.41, 5.74) is 1.10. The zero-order chi connectivity index (χ0) is 17.7. The lowest BCUT2D eigenvalue weighted by atomic mass is 10.0. The lowest BCUT2D eigenvalue weighted by Crippen LogP contribution is -2.24. The smallest absolute Gasteiger partial charge is 0.380 e.